The molecule has 0 aliphatic rings. The molecule has 2 rings (SSSR count). The van der Waals surface area contributed by atoms with Crippen LogP contribution in [0.3, 0.4) is 0 Å². The Morgan fingerprint density at radius 2 is 2.00 bits per heavy atom. The zero-order valence-electron chi connectivity index (χ0n) is 10.3. The van der Waals surface area contributed by atoms with Gasteiger partial charge in [-0.1, -0.05) is 18.2 Å². The second-order valence-corrected chi connectivity index (χ2v) is 3.94. The van der Waals surface area contributed by atoms with Crippen molar-refractivity contribution < 1.29 is 9.53 Å². The van der Waals surface area contributed by atoms with Crippen LogP contribution in [0.15, 0.2) is 36.5 Å². The van der Waals surface area contributed by atoms with E-state index in [2.05, 4.69) is 4.98 Å². The Labute approximate surface area is 105 Å². The van der Waals surface area contributed by atoms with Gasteiger partial charge in [-0.15, -0.1) is 0 Å². The third-order valence-corrected chi connectivity index (χ3v) is 2.70. The minimum absolute atomic E-state index is 0.451. The quantitative estimate of drug-likeness (QED) is 0.897. The molecule has 1 heterocycles. The second kappa shape index (κ2) is 4.87. The molecule has 1 amide bonds. The molecule has 0 spiro atoms. The highest BCUT2D eigenvalue weighted by Gasteiger charge is 2.14. The first-order valence-electron chi connectivity index (χ1n) is 5.53. The van der Waals surface area contributed by atoms with Crippen LogP contribution >= 0.6 is 0 Å². The molecule has 4 heteroatoms. The Bertz CT molecular complexity index is 594. The fraction of sp³-hybridized carbons (Fsp3) is 0.143. The molecule has 0 saturated heterocycles. The van der Waals surface area contributed by atoms with Gasteiger partial charge in [0.15, 0.2) is 0 Å². The standard InChI is InChI=1S/C14H14N2O2/c1-9-7-11(14(15)17)12(8-16-9)10-5-3-4-6-13(10)18-2/h3-8H,1-2H3,(H2,15,17). The molecule has 0 fully saturated rings. The molecule has 1 aromatic heterocycles. The number of carbonyl (C=O) groups excluding carboxylic acids is 1. The Morgan fingerprint density at radius 3 is 2.67 bits per heavy atom. The van der Waals surface area contributed by atoms with Crippen molar-refractivity contribution in [3.05, 3.63) is 47.8 Å². The van der Waals surface area contributed by atoms with Crippen molar-refractivity contribution in [2.45, 2.75) is 6.92 Å². The fourth-order valence-corrected chi connectivity index (χ4v) is 1.85. The van der Waals surface area contributed by atoms with Crippen LogP contribution in [0.25, 0.3) is 11.1 Å². The zero-order valence-corrected chi connectivity index (χ0v) is 10.3. The van der Waals surface area contributed by atoms with Crippen molar-refractivity contribution in [2.24, 2.45) is 5.73 Å². The zero-order chi connectivity index (χ0) is 13.1. The van der Waals surface area contributed by atoms with Crippen molar-refractivity contribution in [1.82, 2.24) is 4.98 Å². The summed E-state index contributed by atoms with van der Waals surface area (Å²) in [5.41, 5.74) is 8.10. The van der Waals surface area contributed by atoms with Gasteiger partial charge >= 0.3 is 0 Å². The molecule has 0 atom stereocenters. The number of methoxy groups -OCH3 is 1. The van der Waals surface area contributed by atoms with Gasteiger partial charge < -0.3 is 10.5 Å². The number of primary amides is 1. The molecule has 0 aliphatic heterocycles. The van der Waals surface area contributed by atoms with E-state index >= 15 is 0 Å². The van der Waals surface area contributed by atoms with Gasteiger partial charge in [0.05, 0.1) is 12.7 Å². The molecular weight excluding hydrogens is 228 g/mol. The van der Waals surface area contributed by atoms with E-state index in [4.69, 9.17) is 10.5 Å². The lowest BCUT2D eigenvalue weighted by Gasteiger charge is -2.11. The van der Waals surface area contributed by atoms with Crippen LogP contribution in [0.1, 0.15) is 16.1 Å². The maximum Gasteiger partial charge on any atom is 0.249 e. The largest absolute Gasteiger partial charge is 0.496 e. The van der Waals surface area contributed by atoms with Crippen LogP contribution in [0.4, 0.5) is 0 Å². The number of nitrogens with zero attached hydrogens (tertiary/aromatic N) is 1. The average Bonchev–Trinajstić information content (AvgIpc) is 2.38. The monoisotopic (exact) mass is 242 g/mol. The predicted molar refractivity (Wildman–Crippen MR) is 69.5 cm³/mol. The summed E-state index contributed by atoms with van der Waals surface area (Å²) >= 11 is 0. The van der Waals surface area contributed by atoms with Gasteiger partial charge in [-0.05, 0) is 19.1 Å². The number of aryl methyl sites for hydroxylation is 1. The maximum absolute atomic E-state index is 11.5. The summed E-state index contributed by atoms with van der Waals surface area (Å²) in [6.45, 7) is 1.82. The highest BCUT2D eigenvalue weighted by Crippen LogP contribution is 2.31. The van der Waals surface area contributed by atoms with Gasteiger partial charge in [0, 0.05) is 23.0 Å². The van der Waals surface area contributed by atoms with Crippen LogP contribution < -0.4 is 10.5 Å². The average molecular weight is 242 g/mol. The van der Waals surface area contributed by atoms with E-state index in [0.29, 0.717) is 16.9 Å². The van der Waals surface area contributed by atoms with Crippen LogP contribution in [-0.4, -0.2) is 18.0 Å². The van der Waals surface area contributed by atoms with E-state index in [1.54, 1.807) is 19.4 Å². The summed E-state index contributed by atoms with van der Waals surface area (Å²) in [7, 11) is 1.59. The highest BCUT2D eigenvalue weighted by atomic mass is 16.5. The van der Waals surface area contributed by atoms with Crippen molar-refractivity contribution in [1.29, 1.82) is 0 Å². The summed E-state index contributed by atoms with van der Waals surface area (Å²) in [5.74, 6) is 0.215. The van der Waals surface area contributed by atoms with Crippen LogP contribution in [0, 0.1) is 6.92 Å². The first-order valence-corrected chi connectivity index (χ1v) is 5.53. The number of benzene rings is 1. The van der Waals surface area contributed by atoms with E-state index in [1.807, 2.05) is 31.2 Å². The highest BCUT2D eigenvalue weighted by molar-refractivity contribution is 6.00. The molecule has 0 aliphatic carbocycles. The van der Waals surface area contributed by atoms with E-state index in [1.165, 1.54) is 0 Å². The first kappa shape index (κ1) is 12.1. The molecule has 0 radical (unpaired) electrons. The Hall–Kier alpha value is -2.36. The van der Waals surface area contributed by atoms with Gasteiger partial charge in [0.2, 0.25) is 5.91 Å². The summed E-state index contributed by atoms with van der Waals surface area (Å²) in [4.78, 5) is 15.7. The summed E-state index contributed by atoms with van der Waals surface area (Å²) in [5, 5.41) is 0. The van der Waals surface area contributed by atoms with Crippen molar-refractivity contribution >= 4 is 5.91 Å². The molecular formula is C14H14N2O2. The second-order valence-electron chi connectivity index (χ2n) is 3.94. The van der Waals surface area contributed by atoms with E-state index in [9.17, 15) is 4.79 Å². The Kier molecular flexibility index (Phi) is 3.28. The van der Waals surface area contributed by atoms with E-state index in [0.717, 1.165) is 11.3 Å². The number of carbonyl (C=O) groups is 1. The lowest BCUT2D eigenvalue weighted by Crippen LogP contribution is -2.13. The van der Waals surface area contributed by atoms with E-state index in [-0.39, 0.29) is 0 Å². The minimum atomic E-state index is -0.471. The maximum atomic E-state index is 11.5. The molecule has 0 bridgehead atoms. The van der Waals surface area contributed by atoms with Gasteiger partial charge in [0.1, 0.15) is 5.75 Å². The molecule has 0 saturated carbocycles. The fourth-order valence-electron chi connectivity index (χ4n) is 1.85. The van der Waals surface area contributed by atoms with Crippen LogP contribution in [0.5, 0.6) is 5.75 Å². The SMILES string of the molecule is COc1ccccc1-c1cnc(C)cc1C(N)=O. The molecule has 2 N–H and O–H groups in total. The number of aromatic nitrogens is 1. The third kappa shape index (κ3) is 2.18. The smallest absolute Gasteiger partial charge is 0.249 e. The molecule has 2 aromatic rings. The molecule has 0 unspecified atom stereocenters. The number of para-hydroxylation sites is 1. The molecule has 1 aromatic carbocycles. The number of hydrogen-bond donors (Lipinski definition) is 1. The van der Waals surface area contributed by atoms with Crippen LogP contribution in [0.2, 0.25) is 0 Å². The topological polar surface area (TPSA) is 65.2 Å². The summed E-state index contributed by atoms with van der Waals surface area (Å²) in [6, 6.07) is 9.14. The molecule has 92 valence electrons. The van der Waals surface area contributed by atoms with E-state index < -0.39 is 5.91 Å². The number of pyridine rings is 1. The van der Waals surface area contributed by atoms with Crippen molar-refractivity contribution in [2.75, 3.05) is 7.11 Å². The molecule has 18 heavy (non-hydrogen) atoms. The number of amides is 1. The van der Waals surface area contributed by atoms with Gasteiger partial charge in [-0.25, -0.2) is 0 Å². The van der Waals surface area contributed by atoms with Crippen molar-refractivity contribution in [3.63, 3.8) is 0 Å². The van der Waals surface area contributed by atoms with Crippen LogP contribution in [-0.2, 0) is 0 Å². The Morgan fingerprint density at radius 1 is 1.28 bits per heavy atom. The van der Waals surface area contributed by atoms with Gasteiger partial charge in [-0.2, -0.15) is 0 Å². The third-order valence-electron chi connectivity index (χ3n) is 2.70. The van der Waals surface area contributed by atoms with Gasteiger partial charge in [0.25, 0.3) is 0 Å². The number of hydrogen-bond acceptors (Lipinski definition) is 3. The lowest BCUT2D eigenvalue weighted by molar-refractivity contribution is 0.100. The first-order chi connectivity index (χ1) is 8.63. The number of ether oxygens (including phenoxy) is 1. The summed E-state index contributed by atoms with van der Waals surface area (Å²) < 4.78 is 5.28. The predicted octanol–water partition coefficient (Wildman–Crippen LogP) is 2.16. The number of rotatable bonds is 3. The minimum Gasteiger partial charge on any atom is -0.496 e. The van der Waals surface area contributed by atoms with Gasteiger partial charge in [-0.3, -0.25) is 9.78 Å². The van der Waals surface area contributed by atoms with Crippen molar-refractivity contribution in [3.8, 4) is 16.9 Å². The normalized spacial score (nSPS) is 10.1. The number of nitrogens with two attached hydrogens (primary N) is 1. The lowest BCUT2D eigenvalue weighted by atomic mass is 10.00. The Balaban J connectivity index is 2.67. The molecule has 4 nitrogen and oxygen atoms in total. The summed E-state index contributed by atoms with van der Waals surface area (Å²) in [6.07, 6.45) is 1.65.